The van der Waals surface area contributed by atoms with Gasteiger partial charge < -0.3 is 19.9 Å². The molecule has 0 saturated carbocycles. The van der Waals surface area contributed by atoms with Crippen LogP contribution in [0.5, 0.6) is 11.5 Å². The second-order valence-electron chi connectivity index (χ2n) is 5.69. The maximum Gasteiger partial charge on any atom is 0.342 e. The van der Waals surface area contributed by atoms with E-state index >= 15 is 0 Å². The number of benzene rings is 3. The van der Waals surface area contributed by atoms with E-state index in [0.717, 1.165) is 10.8 Å². The smallest absolute Gasteiger partial charge is 0.342 e. The molecule has 0 aromatic heterocycles. The number of amides is 1. The molecule has 3 aromatic rings. The Morgan fingerprint density at radius 3 is 2.44 bits per heavy atom. The number of rotatable bonds is 5. The number of esters is 1. The normalized spacial score (nSPS) is 10.4. The highest BCUT2D eigenvalue weighted by atomic mass is 35.5. The van der Waals surface area contributed by atoms with Crippen LogP contribution in [-0.2, 0) is 9.53 Å². The van der Waals surface area contributed by atoms with Gasteiger partial charge in [-0.3, -0.25) is 4.79 Å². The van der Waals surface area contributed by atoms with Crippen LogP contribution in [0.15, 0.2) is 54.6 Å². The lowest BCUT2D eigenvalue weighted by molar-refractivity contribution is -0.119. The van der Waals surface area contributed by atoms with Crippen LogP contribution in [0.25, 0.3) is 10.8 Å². The van der Waals surface area contributed by atoms with Gasteiger partial charge in [-0.2, -0.15) is 0 Å². The van der Waals surface area contributed by atoms with E-state index in [4.69, 9.17) is 21.1 Å². The van der Waals surface area contributed by atoms with Gasteiger partial charge in [-0.15, -0.1) is 0 Å². The number of nitrogens with one attached hydrogen (secondary N) is 1. The molecule has 6 nitrogen and oxygen atoms in total. The van der Waals surface area contributed by atoms with Gasteiger partial charge in [0.05, 0.1) is 12.1 Å². The van der Waals surface area contributed by atoms with Gasteiger partial charge in [-0.05, 0) is 41.1 Å². The first-order valence-electron chi connectivity index (χ1n) is 8.00. The molecule has 2 N–H and O–H groups in total. The van der Waals surface area contributed by atoms with E-state index in [9.17, 15) is 14.7 Å². The zero-order valence-corrected chi connectivity index (χ0v) is 15.1. The Bertz CT molecular complexity index is 1020. The number of halogens is 1. The molecule has 0 heterocycles. The van der Waals surface area contributed by atoms with E-state index < -0.39 is 18.5 Å². The molecule has 7 heteroatoms. The van der Waals surface area contributed by atoms with Crippen LogP contribution in [0, 0.1) is 0 Å². The first-order chi connectivity index (χ1) is 13.0. The molecule has 0 bridgehead atoms. The number of aromatic hydroxyl groups is 1. The number of anilines is 1. The summed E-state index contributed by atoms with van der Waals surface area (Å²) >= 11 is 6.00. The van der Waals surface area contributed by atoms with E-state index in [-0.39, 0.29) is 11.3 Å². The molecule has 138 valence electrons. The third-order valence-electron chi connectivity index (χ3n) is 3.85. The number of carbonyl (C=O) groups is 2. The molecule has 0 aliphatic carbocycles. The van der Waals surface area contributed by atoms with Crippen molar-refractivity contribution < 1.29 is 24.2 Å². The molecule has 0 aliphatic heterocycles. The molecular formula is C20H16ClNO5. The fourth-order valence-corrected chi connectivity index (χ4v) is 2.80. The largest absolute Gasteiger partial charge is 0.507 e. The van der Waals surface area contributed by atoms with Crippen LogP contribution >= 0.6 is 11.6 Å². The quantitative estimate of drug-likeness (QED) is 0.648. The molecule has 0 spiro atoms. The van der Waals surface area contributed by atoms with Gasteiger partial charge >= 0.3 is 5.97 Å². The van der Waals surface area contributed by atoms with Gasteiger partial charge in [-0.1, -0.05) is 35.9 Å². The Morgan fingerprint density at radius 1 is 1.07 bits per heavy atom. The molecule has 3 rings (SSSR count). The summed E-state index contributed by atoms with van der Waals surface area (Å²) in [6.07, 6.45) is 0. The van der Waals surface area contributed by atoms with Gasteiger partial charge in [0, 0.05) is 5.69 Å². The van der Waals surface area contributed by atoms with E-state index in [1.165, 1.54) is 25.3 Å². The minimum absolute atomic E-state index is 0.00556. The summed E-state index contributed by atoms with van der Waals surface area (Å²) in [4.78, 5) is 24.2. The first-order valence-corrected chi connectivity index (χ1v) is 8.38. The second-order valence-corrected chi connectivity index (χ2v) is 6.10. The minimum atomic E-state index is -0.791. The molecule has 1 amide bonds. The van der Waals surface area contributed by atoms with Crippen molar-refractivity contribution in [2.75, 3.05) is 19.0 Å². The SMILES string of the molecule is COc1ccc(NC(=O)COC(=O)c2cc3ccccc3cc2O)cc1Cl. The van der Waals surface area contributed by atoms with Crippen molar-refractivity contribution in [2.24, 2.45) is 0 Å². The summed E-state index contributed by atoms with van der Waals surface area (Å²) in [7, 11) is 1.49. The van der Waals surface area contributed by atoms with Gasteiger partial charge in [0.15, 0.2) is 6.61 Å². The monoisotopic (exact) mass is 385 g/mol. The molecular weight excluding hydrogens is 370 g/mol. The molecule has 0 aliphatic rings. The van der Waals surface area contributed by atoms with Crippen molar-refractivity contribution in [2.45, 2.75) is 0 Å². The highest BCUT2D eigenvalue weighted by molar-refractivity contribution is 6.32. The zero-order chi connectivity index (χ0) is 19.4. The van der Waals surface area contributed by atoms with Gasteiger partial charge in [-0.25, -0.2) is 4.79 Å². The Kier molecular flexibility index (Phi) is 5.47. The summed E-state index contributed by atoms with van der Waals surface area (Å²) in [5.41, 5.74) is 0.435. The topological polar surface area (TPSA) is 84.9 Å². The number of phenolic OH excluding ortho intramolecular Hbond substituents is 1. The maximum absolute atomic E-state index is 12.2. The van der Waals surface area contributed by atoms with Crippen molar-refractivity contribution in [3.63, 3.8) is 0 Å². The predicted molar refractivity (Wildman–Crippen MR) is 103 cm³/mol. The molecule has 0 saturated heterocycles. The fraction of sp³-hybridized carbons (Fsp3) is 0.100. The van der Waals surface area contributed by atoms with Crippen molar-refractivity contribution in [1.29, 1.82) is 0 Å². The van der Waals surface area contributed by atoms with Crippen molar-refractivity contribution in [3.05, 3.63) is 65.2 Å². The number of hydrogen-bond acceptors (Lipinski definition) is 5. The van der Waals surface area contributed by atoms with Crippen molar-refractivity contribution in [1.82, 2.24) is 0 Å². The number of fused-ring (bicyclic) bond motifs is 1. The summed E-state index contributed by atoms with van der Waals surface area (Å²) in [6.45, 7) is -0.505. The third kappa shape index (κ3) is 4.30. The highest BCUT2D eigenvalue weighted by Gasteiger charge is 2.16. The van der Waals surface area contributed by atoms with E-state index in [1.807, 2.05) is 24.3 Å². The lowest BCUT2D eigenvalue weighted by Gasteiger charge is -2.10. The predicted octanol–water partition coefficient (Wildman–Crippen LogP) is 4.00. The number of hydrogen-bond donors (Lipinski definition) is 2. The number of methoxy groups -OCH3 is 1. The van der Waals surface area contributed by atoms with Crippen LogP contribution in [-0.4, -0.2) is 30.7 Å². The Labute approximate surface area is 160 Å². The minimum Gasteiger partial charge on any atom is -0.507 e. The molecule has 3 aromatic carbocycles. The van der Waals surface area contributed by atoms with Crippen LogP contribution in [0.2, 0.25) is 5.02 Å². The molecule has 27 heavy (non-hydrogen) atoms. The van der Waals surface area contributed by atoms with Crippen molar-refractivity contribution in [3.8, 4) is 11.5 Å². The van der Waals surface area contributed by atoms with Crippen molar-refractivity contribution >= 4 is 39.9 Å². The summed E-state index contributed by atoms with van der Waals surface area (Å²) in [6, 6.07) is 15.0. The van der Waals surface area contributed by atoms with Crippen LogP contribution in [0.3, 0.4) is 0 Å². The maximum atomic E-state index is 12.2. The fourth-order valence-electron chi connectivity index (χ4n) is 2.54. The summed E-state index contributed by atoms with van der Waals surface area (Å²) < 4.78 is 10.0. The first kappa shape index (κ1) is 18.5. The average molecular weight is 386 g/mol. The second kappa shape index (κ2) is 7.97. The summed E-state index contributed by atoms with van der Waals surface area (Å²) in [5.74, 6) is -1.06. The molecule has 0 unspecified atom stereocenters. The standard InChI is InChI=1S/C20H16ClNO5/c1-26-18-7-6-14(10-16(18)21)22-19(24)11-27-20(25)15-8-12-4-2-3-5-13(12)9-17(15)23/h2-10,23H,11H2,1H3,(H,22,24). The lowest BCUT2D eigenvalue weighted by atomic mass is 10.1. The summed E-state index contributed by atoms with van der Waals surface area (Å²) in [5, 5.41) is 14.5. The van der Waals surface area contributed by atoms with E-state index in [0.29, 0.717) is 16.5 Å². The van der Waals surface area contributed by atoms with Crippen LogP contribution in [0.1, 0.15) is 10.4 Å². The average Bonchev–Trinajstić information content (AvgIpc) is 2.65. The third-order valence-corrected chi connectivity index (χ3v) is 4.15. The van der Waals surface area contributed by atoms with E-state index in [2.05, 4.69) is 5.32 Å². The zero-order valence-electron chi connectivity index (χ0n) is 14.4. The Morgan fingerprint density at radius 2 is 1.78 bits per heavy atom. The number of phenols is 1. The highest BCUT2D eigenvalue weighted by Crippen LogP contribution is 2.27. The molecule has 0 fully saturated rings. The number of carbonyl (C=O) groups excluding carboxylic acids is 2. The number of ether oxygens (including phenoxy) is 2. The Balaban J connectivity index is 1.64. The van der Waals surface area contributed by atoms with E-state index in [1.54, 1.807) is 12.1 Å². The lowest BCUT2D eigenvalue weighted by Crippen LogP contribution is -2.21. The van der Waals surface area contributed by atoms with Crippen LogP contribution < -0.4 is 10.1 Å². The Hall–Kier alpha value is -3.25. The molecule has 0 radical (unpaired) electrons. The molecule has 0 atom stereocenters. The van der Waals surface area contributed by atoms with Gasteiger partial charge in [0.2, 0.25) is 0 Å². The van der Waals surface area contributed by atoms with Gasteiger partial charge in [0.25, 0.3) is 5.91 Å². The van der Waals surface area contributed by atoms with Gasteiger partial charge in [0.1, 0.15) is 17.1 Å². The van der Waals surface area contributed by atoms with Crippen LogP contribution in [0.4, 0.5) is 5.69 Å².